The Morgan fingerprint density at radius 2 is 1.06 bits per heavy atom. The molecule has 16 heteroatoms. The quantitative estimate of drug-likeness (QED) is 0.0778. The van der Waals surface area contributed by atoms with Crippen LogP contribution in [0.5, 0.6) is 0 Å². The second-order valence-corrected chi connectivity index (χ2v) is 12.8. The molecule has 196 valence electrons. The van der Waals surface area contributed by atoms with Crippen LogP contribution >= 0.6 is 39.9 Å². The monoisotopic (exact) mass is 550 g/mol. The van der Waals surface area contributed by atoms with E-state index in [0.717, 1.165) is 6.42 Å². The van der Waals surface area contributed by atoms with Gasteiger partial charge in [0.2, 0.25) is 0 Å². The summed E-state index contributed by atoms with van der Waals surface area (Å²) in [7, 11) is -7.94. The predicted molar refractivity (Wildman–Crippen MR) is 139 cm³/mol. The number of nitrogens with two attached hydrogens (primary N) is 2. The fourth-order valence-electron chi connectivity index (χ4n) is 2.32. The molecule has 0 amide bonds. The van der Waals surface area contributed by atoms with Crippen LogP contribution in [0.3, 0.4) is 0 Å². The van der Waals surface area contributed by atoms with Gasteiger partial charge in [0.1, 0.15) is 0 Å². The fraction of sp³-hybridized carbons (Fsp3) is 0.882. The first kappa shape index (κ1) is 32.6. The molecular weight excluding hydrogens is 510 g/mol. The minimum atomic E-state index is -3.97. The third kappa shape index (κ3) is 21.8. The number of hydrogen-bond acceptors (Lipinski definition) is 6. The van der Waals surface area contributed by atoms with Gasteiger partial charge in [0.15, 0.2) is 10.2 Å². The molecule has 0 aromatic heterocycles. The Balaban J connectivity index is 3.84. The Kier molecular flexibility index (Phi) is 14.7. The topological polar surface area (TPSA) is 193 Å². The van der Waals surface area contributed by atoms with E-state index in [9.17, 15) is 9.13 Å². The van der Waals surface area contributed by atoms with Crippen LogP contribution in [0.4, 0.5) is 0 Å². The van der Waals surface area contributed by atoms with Crippen molar-refractivity contribution in [3.8, 4) is 0 Å². The summed E-state index contributed by atoms with van der Waals surface area (Å²) in [5.41, 5.74) is 9.30. The summed E-state index contributed by atoms with van der Waals surface area (Å²) >= 11 is 10.5. The van der Waals surface area contributed by atoms with E-state index in [-0.39, 0.29) is 24.0 Å². The molecule has 33 heavy (non-hydrogen) atoms. The number of hydrogen-bond donors (Lipinski definition) is 8. The molecule has 0 aromatic carbocycles. The lowest BCUT2D eigenvalue weighted by atomic mass is 9.91. The summed E-state index contributed by atoms with van der Waals surface area (Å²) in [5.74, 6) is 0. The van der Waals surface area contributed by atoms with Crippen LogP contribution < -0.4 is 32.3 Å². The number of rotatable bonds is 16. The van der Waals surface area contributed by atoms with Crippen molar-refractivity contribution < 1.29 is 28.0 Å². The largest absolute Gasteiger partial charge is 0.400 e. The third-order valence-electron chi connectivity index (χ3n) is 4.38. The minimum Gasteiger partial charge on any atom is -0.363 e. The van der Waals surface area contributed by atoms with E-state index >= 15 is 0 Å². The highest BCUT2D eigenvalue weighted by molar-refractivity contribution is 7.80. The summed E-state index contributed by atoms with van der Waals surface area (Å²) in [6.45, 7) is 10.2. The Labute approximate surface area is 207 Å². The maximum Gasteiger partial charge on any atom is 0.400 e. The van der Waals surface area contributed by atoms with Crippen molar-refractivity contribution >= 4 is 50.2 Å². The van der Waals surface area contributed by atoms with Crippen LogP contribution in [0.1, 0.15) is 47.0 Å². The van der Waals surface area contributed by atoms with Crippen molar-refractivity contribution in [3.63, 3.8) is 0 Å². The van der Waals surface area contributed by atoms with Crippen LogP contribution in [-0.2, 0) is 18.2 Å². The van der Waals surface area contributed by atoms with E-state index in [1.54, 1.807) is 0 Å². The predicted octanol–water partition coefficient (Wildman–Crippen LogP) is 1.29. The molecule has 0 spiro atoms. The number of nitrogens with one attached hydrogen (secondary N) is 4. The van der Waals surface area contributed by atoms with Crippen LogP contribution in [0.2, 0.25) is 0 Å². The molecule has 2 unspecified atom stereocenters. The molecule has 0 saturated carbocycles. The zero-order valence-corrected chi connectivity index (χ0v) is 23.2. The maximum absolute atomic E-state index is 11.0. The molecular formula is C17H40N6O6P2S2. The van der Waals surface area contributed by atoms with Crippen molar-refractivity contribution in [1.82, 2.24) is 21.3 Å². The molecule has 0 heterocycles. The van der Waals surface area contributed by atoms with E-state index in [1.807, 2.05) is 27.7 Å². The summed E-state index contributed by atoms with van der Waals surface area (Å²) in [4.78, 5) is 18.0. The van der Waals surface area contributed by atoms with Crippen molar-refractivity contribution in [2.24, 2.45) is 21.8 Å². The van der Waals surface area contributed by atoms with Gasteiger partial charge in [-0.2, -0.15) is 0 Å². The van der Waals surface area contributed by atoms with E-state index in [4.69, 9.17) is 54.3 Å². The summed E-state index contributed by atoms with van der Waals surface area (Å²) in [5, 5.41) is 13.4. The Bertz CT molecular complexity index is 658. The third-order valence-corrected chi connectivity index (χ3v) is 5.96. The van der Waals surface area contributed by atoms with Crippen LogP contribution in [0.25, 0.3) is 0 Å². The second kappa shape index (κ2) is 14.9. The second-order valence-electron chi connectivity index (χ2n) is 9.22. The molecule has 2 atom stereocenters. The van der Waals surface area contributed by atoms with Gasteiger partial charge in [-0.05, 0) is 54.5 Å². The smallest absolute Gasteiger partial charge is 0.363 e. The highest BCUT2D eigenvalue weighted by Gasteiger charge is 2.23. The minimum absolute atomic E-state index is 0.0719. The zero-order chi connectivity index (χ0) is 25.8. The highest BCUT2D eigenvalue weighted by atomic mass is 32.1. The molecule has 0 radical (unpaired) electrons. The molecule has 0 aromatic rings. The van der Waals surface area contributed by atoms with Gasteiger partial charge in [-0.15, -0.1) is 0 Å². The van der Waals surface area contributed by atoms with Gasteiger partial charge in [0, 0.05) is 26.2 Å². The average molecular weight is 551 g/mol. The first-order valence-corrected chi connectivity index (χ1v) is 14.6. The molecule has 0 fully saturated rings. The van der Waals surface area contributed by atoms with Crippen LogP contribution in [-0.4, -0.2) is 59.4 Å². The summed E-state index contributed by atoms with van der Waals surface area (Å²) < 4.78 is 31.6. The van der Waals surface area contributed by atoms with Gasteiger partial charge in [0.05, 0.1) is 13.2 Å². The first-order valence-electron chi connectivity index (χ1n) is 10.5. The number of thiocarbonyl (C=S) groups is 2. The Morgan fingerprint density at radius 1 is 0.758 bits per heavy atom. The summed E-state index contributed by atoms with van der Waals surface area (Å²) in [6, 6.07) is 0. The van der Waals surface area contributed by atoms with E-state index in [0.29, 0.717) is 49.2 Å². The van der Waals surface area contributed by atoms with E-state index in [1.165, 1.54) is 0 Å². The molecule has 0 aliphatic rings. The van der Waals surface area contributed by atoms with Crippen molar-refractivity contribution in [2.45, 2.75) is 47.0 Å². The molecule has 0 bridgehead atoms. The lowest BCUT2D eigenvalue weighted by Crippen LogP contribution is -2.40. The van der Waals surface area contributed by atoms with E-state index < -0.39 is 15.5 Å². The SMILES string of the molecule is CC(C)(CCNC(=S)NCCCNC(=S)NCCC(C)(C)COP(N)(=O)O)COP(N)(=O)O. The molecule has 0 aliphatic heterocycles. The van der Waals surface area contributed by atoms with Gasteiger partial charge in [-0.25, -0.2) is 20.1 Å². The molecule has 0 saturated heterocycles. The first-order chi connectivity index (χ1) is 14.9. The van der Waals surface area contributed by atoms with Gasteiger partial charge in [0.25, 0.3) is 0 Å². The molecule has 0 rings (SSSR count). The zero-order valence-electron chi connectivity index (χ0n) is 19.8. The van der Waals surface area contributed by atoms with Crippen molar-refractivity contribution in [3.05, 3.63) is 0 Å². The maximum atomic E-state index is 11.0. The Morgan fingerprint density at radius 3 is 1.36 bits per heavy atom. The highest BCUT2D eigenvalue weighted by Crippen LogP contribution is 2.35. The van der Waals surface area contributed by atoms with Gasteiger partial charge >= 0.3 is 15.5 Å². The summed E-state index contributed by atoms with van der Waals surface area (Å²) in [6.07, 6.45) is 2.13. The molecule has 12 nitrogen and oxygen atoms in total. The van der Waals surface area contributed by atoms with Crippen molar-refractivity contribution in [2.75, 3.05) is 39.4 Å². The van der Waals surface area contributed by atoms with Crippen LogP contribution in [0, 0.1) is 10.8 Å². The lowest BCUT2D eigenvalue weighted by molar-refractivity contribution is 0.153. The fourth-order valence-corrected chi connectivity index (χ4v) is 3.80. The Hall–Kier alpha value is -0.400. The lowest BCUT2D eigenvalue weighted by Gasteiger charge is -2.25. The van der Waals surface area contributed by atoms with E-state index in [2.05, 4.69) is 21.3 Å². The average Bonchev–Trinajstić information content (AvgIpc) is 2.63. The van der Waals surface area contributed by atoms with Crippen molar-refractivity contribution in [1.29, 1.82) is 0 Å². The van der Waals surface area contributed by atoms with Gasteiger partial charge < -0.3 is 31.1 Å². The molecule has 10 N–H and O–H groups in total. The standard InChI is InChI=1S/C17H40N6O6P2S2/c1-16(2,12-28-30(18,24)25)6-10-22-14(32)20-8-5-9-21-15(33)23-11-7-17(3,4)13-29-31(19,26)27/h5-13H2,1-4H3,(H3,18,24,25)(H3,19,26,27)(H2,20,22,32)(H2,21,23,33). The normalized spacial score (nSPS) is 15.8. The van der Waals surface area contributed by atoms with Crippen LogP contribution in [0.15, 0.2) is 0 Å². The molecule has 0 aliphatic carbocycles. The van der Waals surface area contributed by atoms with Gasteiger partial charge in [-0.1, -0.05) is 27.7 Å². The van der Waals surface area contributed by atoms with Gasteiger partial charge in [-0.3, -0.25) is 9.05 Å².